The van der Waals surface area contributed by atoms with E-state index in [-0.39, 0.29) is 35.8 Å². The highest BCUT2D eigenvalue weighted by atomic mass is 35.5. The summed E-state index contributed by atoms with van der Waals surface area (Å²) >= 11 is 5.86. The molecule has 1 N–H and O–H groups in total. The Hall–Kier alpha value is -2.15. The van der Waals surface area contributed by atoms with Gasteiger partial charge in [-0.2, -0.15) is 0 Å². The summed E-state index contributed by atoms with van der Waals surface area (Å²) in [5.74, 6) is -1.55. The van der Waals surface area contributed by atoms with E-state index in [0.29, 0.717) is 0 Å². The average Bonchev–Trinajstić information content (AvgIpc) is 2.38. The third-order valence-corrected chi connectivity index (χ3v) is 3.07. The lowest BCUT2D eigenvalue weighted by Gasteiger charge is -2.20. The van der Waals surface area contributed by atoms with Gasteiger partial charge in [-0.1, -0.05) is 17.7 Å². The molecule has 0 fully saturated rings. The normalized spacial score (nSPS) is 10.1. The molecule has 0 atom stereocenters. The Morgan fingerprint density at radius 1 is 1.45 bits per heavy atom. The molecule has 108 valence electrons. The zero-order chi connectivity index (χ0) is 15.3. The van der Waals surface area contributed by atoms with Gasteiger partial charge < -0.3 is 10.0 Å². The van der Waals surface area contributed by atoms with E-state index in [4.69, 9.17) is 16.7 Å². The highest BCUT2D eigenvalue weighted by Crippen LogP contribution is 2.28. The van der Waals surface area contributed by atoms with Gasteiger partial charge in [0, 0.05) is 19.2 Å². The number of rotatable bonds is 6. The summed E-state index contributed by atoms with van der Waals surface area (Å²) in [6.07, 6.45) is -0.202. The summed E-state index contributed by atoms with van der Waals surface area (Å²) < 4.78 is 0. The fourth-order valence-corrected chi connectivity index (χ4v) is 1.91. The van der Waals surface area contributed by atoms with Crippen LogP contribution in [0.5, 0.6) is 0 Å². The molecule has 0 unspecified atom stereocenters. The molecule has 7 nitrogen and oxygen atoms in total. The molecule has 8 heteroatoms. The molecule has 0 aliphatic rings. The first-order valence-corrected chi connectivity index (χ1v) is 6.20. The van der Waals surface area contributed by atoms with Crippen LogP contribution in [-0.4, -0.2) is 39.9 Å². The number of hydrogen-bond acceptors (Lipinski definition) is 4. The lowest BCUT2D eigenvalue weighted by atomic mass is 10.1. The summed E-state index contributed by atoms with van der Waals surface area (Å²) in [6.45, 7) is 1.99. The van der Waals surface area contributed by atoms with Crippen molar-refractivity contribution in [3.8, 4) is 0 Å². The van der Waals surface area contributed by atoms with Crippen molar-refractivity contribution >= 4 is 29.2 Å². The molecular weight excluding hydrogens is 288 g/mol. The molecule has 0 saturated heterocycles. The van der Waals surface area contributed by atoms with E-state index < -0.39 is 16.8 Å². The molecule has 1 rings (SSSR count). The van der Waals surface area contributed by atoms with Crippen molar-refractivity contribution in [3.05, 3.63) is 38.9 Å². The van der Waals surface area contributed by atoms with Crippen LogP contribution >= 0.6 is 11.6 Å². The molecule has 0 radical (unpaired) electrons. The summed E-state index contributed by atoms with van der Waals surface area (Å²) in [4.78, 5) is 34.1. The number of benzene rings is 1. The van der Waals surface area contributed by atoms with Crippen LogP contribution in [0.4, 0.5) is 5.69 Å². The third-order valence-electron chi connectivity index (χ3n) is 2.67. The topological polar surface area (TPSA) is 101 Å². The fourth-order valence-electron chi connectivity index (χ4n) is 1.63. The molecule has 0 saturated carbocycles. The summed E-state index contributed by atoms with van der Waals surface area (Å²) in [7, 11) is 0. The maximum Gasteiger partial charge on any atom is 0.305 e. The number of carboxylic acids is 1. The molecule has 0 heterocycles. The molecule has 0 bridgehead atoms. The van der Waals surface area contributed by atoms with E-state index in [9.17, 15) is 19.7 Å². The number of aliphatic carboxylic acids is 1. The molecular formula is C12H13ClN2O5. The van der Waals surface area contributed by atoms with Gasteiger partial charge in [0.15, 0.2) is 0 Å². The summed E-state index contributed by atoms with van der Waals surface area (Å²) in [5.41, 5.74) is -0.361. The molecule has 0 aromatic heterocycles. The molecule has 0 spiro atoms. The third kappa shape index (κ3) is 3.67. The first kappa shape index (κ1) is 15.9. The highest BCUT2D eigenvalue weighted by Gasteiger charge is 2.23. The minimum Gasteiger partial charge on any atom is -0.481 e. The summed E-state index contributed by atoms with van der Waals surface area (Å²) in [6, 6.07) is 3.94. The molecule has 0 aliphatic carbocycles. The predicted octanol–water partition coefficient (Wildman–Crippen LogP) is 2.18. The zero-order valence-corrected chi connectivity index (χ0v) is 11.5. The Balaban J connectivity index is 3.04. The molecule has 1 aromatic carbocycles. The smallest absolute Gasteiger partial charge is 0.305 e. The second kappa shape index (κ2) is 6.85. The Morgan fingerprint density at radius 3 is 2.60 bits per heavy atom. The maximum absolute atomic E-state index is 12.2. The van der Waals surface area contributed by atoms with Crippen LogP contribution in [0.1, 0.15) is 23.7 Å². The van der Waals surface area contributed by atoms with Gasteiger partial charge in [0.2, 0.25) is 0 Å². The lowest BCUT2D eigenvalue weighted by molar-refractivity contribution is -0.384. The fraction of sp³-hybridized carbons (Fsp3) is 0.333. The predicted molar refractivity (Wildman–Crippen MR) is 71.9 cm³/mol. The SMILES string of the molecule is CCN(CCC(=O)O)C(=O)c1cccc([N+](=O)[O-])c1Cl. The van der Waals surface area contributed by atoms with Crippen LogP contribution in [0, 0.1) is 10.1 Å². The Kier molecular flexibility index (Phi) is 5.45. The Bertz CT molecular complexity index is 547. The van der Waals surface area contributed by atoms with Crippen LogP contribution in [0.15, 0.2) is 18.2 Å². The van der Waals surface area contributed by atoms with Crippen molar-refractivity contribution in [1.82, 2.24) is 4.90 Å². The van der Waals surface area contributed by atoms with E-state index in [1.807, 2.05) is 0 Å². The highest BCUT2D eigenvalue weighted by molar-refractivity contribution is 6.35. The Morgan fingerprint density at radius 2 is 2.10 bits per heavy atom. The van der Waals surface area contributed by atoms with Crippen LogP contribution in [0.2, 0.25) is 5.02 Å². The molecule has 0 aliphatic heterocycles. The van der Waals surface area contributed by atoms with Crippen LogP contribution in [0.25, 0.3) is 0 Å². The van der Waals surface area contributed by atoms with E-state index in [1.165, 1.54) is 23.1 Å². The van der Waals surface area contributed by atoms with E-state index in [1.54, 1.807) is 6.92 Å². The van der Waals surface area contributed by atoms with E-state index in [2.05, 4.69) is 0 Å². The number of carbonyl (C=O) groups is 2. The van der Waals surface area contributed by atoms with Crippen molar-refractivity contribution in [2.75, 3.05) is 13.1 Å². The number of halogens is 1. The zero-order valence-electron chi connectivity index (χ0n) is 10.7. The summed E-state index contributed by atoms with van der Waals surface area (Å²) in [5, 5.41) is 19.2. The Labute approximate surface area is 119 Å². The van der Waals surface area contributed by atoms with E-state index >= 15 is 0 Å². The van der Waals surface area contributed by atoms with Crippen molar-refractivity contribution in [2.24, 2.45) is 0 Å². The largest absolute Gasteiger partial charge is 0.481 e. The average molecular weight is 301 g/mol. The van der Waals surface area contributed by atoms with Gasteiger partial charge in [-0.05, 0) is 13.0 Å². The first-order valence-electron chi connectivity index (χ1n) is 5.82. The minimum absolute atomic E-state index is 0.00638. The van der Waals surface area contributed by atoms with E-state index in [0.717, 1.165) is 0 Å². The second-order valence-electron chi connectivity index (χ2n) is 3.92. The molecule has 20 heavy (non-hydrogen) atoms. The van der Waals surface area contributed by atoms with Gasteiger partial charge in [0.05, 0.1) is 16.9 Å². The van der Waals surface area contributed by atoms with Crippen molar-refractivity contribution in [1.29, 1.82) is 0 Å². The number of nitrogens with zero attached hydrogens (tertiary/aromatic N) is 2. The second-order valence-corrected chi connectivity index (χ2v) is 4.30. The maximum atomic E-state index is 12.2. The monoisotopic (exact) mass is 300 g/mol. The molecule has 1 aromatic rings. The lowest BCUT2D eigenvalue weighted by Crippen LogP contribution is -2.33. The van der Waals surface area contributed by atoms with Gasteiger partial charge in [-0.15, -0.1) is 0 Å². The standard InChI is InChI=1S/C12H13ClN2O5/c1-2-14(7-6-10(16)17)12(18)8-4-3-5-9(11(8)13)15(19)20/h3-5H,2,6-7H2,1H3,(H,16,17). The van der Waals surface area contributed by atoms with Gasteiger partial charge in [-0.25, -0.2) is 0 Å². The number of carbonyl (C=O) groups excluding carboxylic acids is 1. The van der Waals surface area contributed by atoms with Gasteiger partial charge in [0.1, 0.15) is 5.02 Å². The minimum atomic E-state index is -1.03. The van der Waals surface area contributed by atoms with Crippen molar-refractivity contribution in [3.63, 3.8) is 0 Å². The number of nitro groups is 1. The van der Waals surface area contributed by atoms with Crippen molar-refractivity contribution in [2.45, 2.75) is 13.3 Å². The van der Waals surface area contributed by atoms with Gasteiger partial charge in [-0.3, -0.25) is 19.7 Å². The first-order chi connectivity index (χ1) is 9.38. The van der Waals surface area contributed by atoms with Crippen LogP contribution in [-0.2, 0) is 4.79 Å². The number of hydrogen-bond donors (Lipinski definition) is 1. The van der Waals surface area contributed by atoms with Gasteiger partial charge >= 0.3 is 5.97 Å². The van der Waals surface area contributed by atoms with Crippen LogP contribution in [0.3, 0.4) is 0 Å². The molecule has 1 amide bonds. The quantitative estimate of drug-likeness (QED) is 0.641. The number of amides is 1. The number of nitro benzene ring substituents is 1. The van der Waals surface area contributed by atoms with Crippen LogP contribution < -0.4 is 0 Å². The number of carboxylic acid groups (broad SMARTS) is 1. The van der Waals surface area contributed by atoms with Gasteiger partial charge in [0.25, 0.3) is 11.6 Å². The van der Waals surface area contributed by atoms with Crippen molar-refractivity contribution < 1.29 is 19.6 Å².